The maximum absolute atomic E-state index is 3.88. The zero-order valence-electron chi connectivity index (χ0n) is 9.21. The van der Waals surface area contributed by atoms with E-state index in [9.17, 15) is 0 Å². The molecule has 0 amide bonds. The van der Waals surface area contributed by atoms with Crippen molar-refractivity contribution in [3.8, 4) is 0 Å². The average Bonchev–Trinajstić information content (AvgIpc) is 2.15. The molecule has 0 spiro atoms. The van der Waals surface area contributed by atoms with Gasteiger partial charge in [-0.05, 0) is 37.7 Å². The molecule has 0 atom stereocenters. The van der Waals surface area contributed by atoms with Crippen molar-refractivity contribution in [2.75, 3.05) is 0 Å². The Morgan fingerprint density at radius 3 is 2.20 bits per heavy atom. The third-order valence-corrected chi connectivity index (χ3v) is 4.12. The smallest absolute Gasteiger partial charge is 0.0436 e. The Morgan fingerprint density at radius 2 is 1.73 bits per heavy atom. The first kappa shape index (κ1) is 9.41. The molecule has 0 radical (unpaired) electrons. The topological polar surface area (TPSA) is 12.0 Å². The molecule has 0 heterocycles. The molecule has 0 unspecified atom stereocenters. The lowest BCUT2D eigenvalue weighted by molar-refractivity contribution is 0.134. The van der Waals surface area contributed by atoms with Crippen molar-refractivity contribution < 1.29 is 0 Å². The molecule has 0 aliphatic heterocycles. The first-order valence-electron chi connectivity index (χ1n) is 6.22. The largest absolute Gasteiger partial charge is 0.305 e. The predicted molar refractivity (Wildman–Crippen MR) is 62.7 cm³/mol. The molecule has 1 N–H and O–H groups in total. The van der Waals surface area contributed by atoms with Crippen LogP contribution in [0.1, 0.15) is 44.1 Å². The van der Waals surface area contributed by atoms with Crippen molar-refractivity contribution in [1.29, 1.82) is 0 Å². The molecule has 15 heavy (non-hydrogen) atoms. The highest BCUT2D eigenvalue weighted by atomic mass is 15.0. The van der Waals surface area contributed by atoms with Gasteiger partial charge in [-0.3, -0.25) is 0 Å². The van der Waals surface area contributed by atoms with Crippen LogP contribution in [0.5, 0.6) is 0 Å². The quantitative estimate of drug-likeness (QED) is 0.792. The third-order valence-electron chi connectivity index (χ3n) is 4.12. The third kappa shape index (κ3) is 1.59. The van der Waals surface area contributed by atoms with Gasteiger partial charge in [0, 0.05) is 11.6 Å². The minimum absolute atomic E-state index is 0.340. The van der Waals surface area contributed by atoms with E-state index in [1.807, 2.05) is 0 Å². The van der Waals surface area contributed by atoms with Crippen molar-refractivity contribution in [2.45, 2.75) is 50.1 Å². The molecule has 1 aromatic rings. The molecule has 0 aromatic heterocycles. The van der Waals surface area contributed by atoms with Gasteiger partial charge in [0.25, 0.3) is 0 Å². The standard InChI is InChI=1S/C14H19N/c1-2-6-12(7-3-1)14(10-5-11-14)15-13-8-4-9-13/h1-3,6-7,13,15H,4-5,8-11H2. The number of rotatable bonds is 3. The highest BCUT2D eigenvalue weighted by Crippen LogP contribution is 2.42. The van der Waals surface area contributed by atoms with Gasteiger partial charge >= 0.3 is 0 Å². The van der Waals surface area contributed by atoms with Crippen LogP contribution in [0.15, 0.2) is 30.3 Å². The van der Waals surface area contributed by atoms with Gasteiger partial charge in [0.2, 0.25) is 0 Å². The van der Waals surface area contributed by atoms with Crippen molar-refractivity contribution in [1.82, 2.24) is 5.32 Å². The SMILES string of the molecule is c1ccc(C2(NC3CCC3)CCC2)cc1. The van der Waals surface area contributed by atoms with Gasteiger partial charge in [-0.2, -0.15) is 0 Å². The monoisotopic (exact) mass is 201 g/mol. The summed E-state index contributed by atoms with van der Waals surface area (Å²) in [5.74, 6) is 0. The fourth-order valence-electron chi connectivity index (χ4n) is 2.75. The van der Waals surface area contributed by atoms with E-state index < -0.39 is 0 Å². The zero-order valence-corrected chi connectivity index (χ0v) is 9.21. The fourth-order valence-corrected chi connectivity index (χ4v) is 2.75. The normalized spacial score (nSPS) is 24.3. The van der Waals surface area contributed by atoms with Gasteiger partial charge in [0.05, 0.1) is 0 Å². The molecule has 80 valence electrons. The molecule has 0 saturated heterocycles. The summed E-state index contributed by atoms with van der Waals surface area (Å²) in [6.07, 6.45) is 8.22. The summed E-state index contributed by atoms with van der Waals surface area (Å²) in [6.45, 7) is 0. The summed E-state index contributed by atoms with van der Waals surface area (Å²) < 4.78 is 0. The van der Waals surface area contributed by atoms with Gasteiger partial charge in [0.15, 0.2) is 0 Å². The maximum atomic E-state index is 3.88. The predicted octanol–water partition coefficient (Wildman–Crippen LogP) is 3.21. The lowest BCUT2D eigenvalue weighted by Gasteiger charge is -2.47. The van der Waals surface area contributed by atoms with Crippen LogP contribution in [0, 0.1) is 0 Å². The van der Waals surface area contributed by atoms with Gasteiger partial charge in [-0.1, -0.05) is 36.8 Å². The maximum Gasteiger partial charge on any atom is 0.0436 e. The lowest BCUT2D eigenvalue weighted by atomic mass is 9.70. The van der Waals surface area contributed by atoms with Gasteiger partial charge in [-0.25, -0.2) is 0 Å². The van der Waals surface area contributed by atoms with Crippen LogP contribution in [-0.2, 0) is 5.54 Å². The second kappa shape index (κ2) is 3.64. The Balaban J connectivity index is 1.79. The second-order valence-electron chi connectivity index (χ2n) is 5.07. The van der Waals surface area contributed by atoms with Gasteiger partial charge in [-0.15, -0.1) is 0 Å². The van der Waals surface area contributed by atoms with E-state index >= 15 is 0 Å². The van der Waals surface area contributed by atoms with Gasteiger partial charge in [0.1, 0.15) is 0 Å². The van der Waals surface area contributed by atoms with Crippen LogP contribution in [0.4, 0.5) is 0 Å². The summed E-state index contributed by atoms with van der Waals surface area (Å²) in [6, 6.07) is 11.8. The first-order valence-corrected chi connectivity index (χ1v) is 6.22. The van der Waals surface area contributed by atoms with Crippen LogP contribution in [0.2, 0.25) is 0 Å². The number of hydrogen-bond acceptors (Lipinski definition) is 1. The molecule has 3 rings (SSSR count). The molecule has 2 saturated carbocycles. The Kier molecular flexibility index (Phi) is 2.28. The minimum Gasteiger partial charge on any atom is -0.305 e. The summed E-state index contributed by atoms with van der Waals surface area (Å²) in [7, 11) is 0. The van der Waals surface area contributed by atoms with Crippen molar-refractivity contribution in [3.05, 3.63) is 35.9 Å². The Labute approximate surface area is 91.9 Å². The van der Waals surface area contributed by atoms with E-state index in [1.54, 1.807) is 0 Å². The molecule has 1 heteroatoms. The highest BCUT2D eigenvalue weighted by Gasteiger charge is 2.40. The Bertz CT molecular complexity index is 322. The van der Waals surface area contributed by atoms with Gasteiger partial charge < -0.3 is 5.32 Å². The molecule has 0 bridgehead atoms. The van der Waals surface area contributed by atoms with E-state index in [1.165, 1.54) is 44.1 Å². The number of benzene rings is 1. The van der Waals surface area contributed by atoms with E-state index in [0.717, 1.165) is 6.04 Å². The Hall–Kier alpha value is -0.820. The van der Waals surface area contributed by atoms with Crippen LogP contribution in [-0.4, -0.2) is 6.04 Å². The molecule has 2 fully saturated rings. The van der Waals surface area contributed by atoms with Crippen LogP contribution < -0.4 is 5.32 Å². The number of nitrogens with one attached hydrogen (secondary N) is 1. The van der Waals surface area contributed by atoms with Crippen molar-refractivity contribution in [3.63, 3.8) is 0 Å². The first-order chi connectivity index (χ1) is 7.39. The van der Waals surface area contributed by atoms with E-state index in [4.69, 9.17) is 0 Å². The molecular weight excluding hydrogens is 182 g/mol. The highest BCUT2D eigenvalue weighted by molar-refractivity contribution is 5.27. The second-order valence-corrected chi connectivity index (χ2v) is 5.07. The van der Waals surface area contributed by atoms with E-state index in [2.05, 4.69) is 35.6 Å². The van der Waals surface area contributed by atoms with Crippen molar-refractivity contribution >= 4 is 0 Å². The zero-order chi connectivity index (χ0) is 10.1. The fraction of sp³-hybridized carbons (Fsp3) is 0.571. The number of hydrogen-bond donors (Lipinski definition) is 1. The molecule has 2 aliphatic carbocycles. The summed E-state index contributed by atoms with van der Waals surface area (Å²) in [4.78, 5) is 0. The molecular formula is C14H19N. The van der Waals surface area contributed by atoms with E-state index in [0.29, 0.717) is 5.54 Å². The van der Waals surface area contributed by atoms with Crippen LogP contribution in [0.3, 0.4) is 0 Å². The average molecular weight is 201 g/mol. The molecule has 1 aromatic carbocycles. The molecule has 1 nitrogen and oxygen atoms in total. The van der Waals surface area contributed by atoms with E-state index in [-0.39, 0.29) is 0 Å². The van der Waals surface area contributed by atoms with Crippen molar-refractivity contribution in [2.24, 2.45) is 0 Å². The molecule has 2 aliphatic rings. The summed E-state index contributed by atoms with van der Waals surface area (Å²) >= 11 is 0. The summed E-state index contributed by atoms with van der Waals surface area (Å²) in [5.41, 5.74) is 1.84. The summed E-state index contributed by atoms with van der Waals surface area (Å²) in [5, 5.41) is 3.88. The lowest BCUT2D eigenvalue weighted by Crippen LogP contribution is -2.54. The van der Waals surface area contributed by atoms with Crippen LogP contribution >= 0.6 is 0 Å². The van der Waals surface area contributed by atoms with Crippen LogP contribution in [0.25, 0.3) is 0 Å². The minimum atomic E-state index is 0.340. The Morgan fingerprint density at radius 1 is 1.00 bits per heavy atom.